The summed E-state index contributed by atoms with van der Waals surface area (Å²) in [4.78, 5) is 0. The van der Waals surface area contributed by atoms with Crippen LogP contribution in [0.3, 0.4) is 0 Å². The smallest absolute Gasteiger partial charge is 0.0526 e. The van der Waals surface area contributed by atoms with Gasteiger partial charge in [0.1, 0.15) is 0 Å². The summed E-state index contributed by atoms with van der Waals surface area (Å²) in [6.45, 7) is 8.10. The van der Waals surface area contributed by atoms with Crippen LogP contribution in [0, 0.1) is 6.92 Å². The third kappa shape index (κ3) is 3.18. The lowest BCUT2D eigenvalue weighted by atomic mass is 9.96. The predicted octanol–water partition coefficient (Wildman–Crippen LogP) is 2.81. The molecule has 0 aliphatic carbocycles. The van der Waals surface area contributed by atoms with E-state index in [0.717, 1.165) is 12.0 Å². The summed E-state index contributed by atoms with van der Waals surface area (Å²) in [6.07, 6.45) is 0.901. The minimum Gasteiger partial charge on any atom is -0.268 e. The molecule has 82 valence electrons. The van der Waals surface area contributed by atoms with Crippen LogP contribution in [0.1, 0.15) is 30.5 Å². The zero-order valence-electron chi connectivity index (χ0n) is 9.83. The fourth-order valence-electron chi connectivity index (χ4n) is 1.76. The van der Waals surface area contributed by atoms with Crippen LogP contribution in [-0.4, -0.2) is 12.1 Å². The number of rotatable bonds is 4. The van der Waals surface area contributed by atoms with Crippen LogP contribution in [0.5, 0.6) is 0 Å². The SMILES string of the molecule is C=C(C)CC(c1ccccc1C)N(C)N. The number of nitrogens with two attached hydrogens (primary N) is 1. The highest BCUT2D eigenvalue weighted by Gasteiger charge is 2.15. The van der Waals surface area contributed by atoms with Gasteiger partial charge in [0.15, 0.2) is 0 Å². The summed E-state index contributed by atoms with van der Waals surface area (Å²) in [7, 11) is 1.90. The van der Waals surface area contributed by atoms with Crippen molar-refractivity contribution < 1.29 is 0 Å². The molecule has 0 aromatic heterocycles. The van der Waals surface area contributed by atoms with Gasteiger partial charge in [-0.05, 0) is 31.4 Å². The van der Waals surface area contributed by atoms with Gasteiger partial charge in [-0.2, -0.15) is 0 Å². The van der Waals surface area contributed by atoms with Gasteiger partial charge in [-0.1, -0.05) is 29.8 Å². The molecule has 1 atom stereocenters. The molecule has 1 unspecified atom stereocenters. The van der Waals surface area contributed by atoms with Crippen molar-refractivity contribution in [3.8, 4) is 0 Å². The van der Waals surface area contributed by atoms with E-state index in [4.69, 9.17) is 5.84 Å². The lowest BCUT2D eigenvalue weighted by Crippen LogP contribution is -2.31. The minimum atomic E-state index is 0.226. The summed E-state index contributed by atoms with van der Waals surface area (Å²) in [5, 5.41) is 1.76. The Morgan fingerprint density at radius 3 is 2.53 bits per heavy atom. The average molecular weight is 204 g/mol. The number of nitrogens with zero attached hydrogens (tertiary/aromatic N) is 1. The molecule has 0 fully saturated rings. The van der Waals surface area contributed by atoms with Crippen molar-refractivity contribution in [3.05, 3.63) is 47.5 Å². The molecule has 0 aliphatic heterocycles. The lowest BCUT2D eigenvalue weighted by Gasteiger charge is -2.25. The molecule has 1 aromatic carbocycles. The van der Waals surface area contributed by atoms with Gasteiger partial charge >= 0.3 is 0 Å². The Morgan fingerprint density at radius 2 is 2.07 bits per heavy atom. The number of hydrogen-bond donors (Lipinski definition) is 1. The van der Waals surface area contributed by atoms with E-state index in [0.29, 0.717) is 0 Å². The Bertz CT molecular complexity index is 342. The highest BCUT2D eigenvalue weighted by Crippen LogP contribution is 2.26. The van der Waals surface area contributed by atoms with Crippen molar-refractivity contribution >= 4 is 0 Å². The molecule has 0 spiro atoms. The van der Waals surface area contributed by atoms with E-state index in [2.05, 4.69) is 31.7 Å². The second-order valence-electron chi connectivity index (χ2n) is 4.20. The van der Waals surface area contributed by atoms with Crippen LogP contribution in [0.15, 0.2) is 36.4 Å². The van der Waals surface area contributed by atoms with E-state index in [9.17, 15) is 0 Å². The predicted molar refractivity (Wildman–Crippen MR) is 65.3 cm³/mol. The topological polar surface area (TPSA) is 29.3 Å². The monoisotopic (exact) mass is 204 g/mol. The molecule has 0 saturated heterocycles. The standard InChI is InChI=1S/C13H20N2/c1-10(2)9-13(15(4)14)12-8-6-5-7-11(12)3/h5-8,13H,1,9,14H2,2-4H3. The first-order valence-corrected chi connectivity index (χ1v) is 5.19. The Morgan fingerprint density at radius 1 is 1.47 bits per heavy atom. The van der Waals surface area contributed by atoms with Gasteiger partial charge < -0.3 is 0 Å². The Balaban J connectivity index is 2.99. The molecule has 2 nitrogen and oxygen atoms in total. The minimum absolute atomic E-state index is 0.226. The molecular formula is C13H20N2. The van der Waals surface area contributed by atoms with Gasteiger partial charge in [-0.3, -0.25) is 5.84 Å². The van der Waals surface area contributed by atoms with Crippen molar-refractivity contribution in [2.24, 2.45) is 5.84 Å². The van der Waals surface area contributed by atoms with E-state index in [1.807, 2.05) is 20.0 Å². The third-order valence-electron chi connectivity index (χ3n) is 2.58. The largest absolute Gasteiger partial charge is 0.268 e. The van der Waals surface area contributed by atoms with Crippen LogP contribution in [-0.2, 0) is 0 Å². The average Bonchev–Trinajstić information content (AvgIpc) is 2.15. The highest BCUT2D eigenvalue weighted by atomic mass is 15.4. The second-order valence-corrected chi connectivity index (χ2v) is 4.20. The normalized spacial score (nSPS) is 12.9. The van der Waals surface area contributed by atoms with Gasteiger partial charge in [0.25, 0.3) is 0 Å². The molecule has 15 heavy (non-hydrogen) atoms. The van der Waals surface area contributed by atoms with Gasteiger partial charge in [0.2, 0.25) is 0 Å². The fourth-order valence-corrected chi connectivity index (χ4v) is 1.76. The molecule has 1 rings (SSSR count). The third-order valence-corrected chi connectivity index (χ3v) is 2.58. The van der Waals surface area contributed by atoms with Crippen LogP contribution < -0.4 is 5.84 Å². The maximum atomic E-state index is 5.88. The molecular weight excluding hydrogens is 184 g/mol. The summed E-state index contributed by atoms with van der Waals surface area (Å²) < 4.78 is 0. The van der Waals surface area contributed by atoms with E-state index >= 15 is 0 Å². The van der Waals surface area contributed by atoms with Crippen LogP contribution in [0.2, 0.25) is 0 Å². The van der Waals surface area contributed by atoms with Crippen LogP contribution >= 0.6 is 0 Å². The summed E-state index contributed by atoms with van der Waals surface area (Å²) in [5.74, 6) is 5.88. The number of hydrazine groups is 1. The van der Waals surface area contributed by atoms with E-state index in [1.54, 1.807) is 5.01 Å². The van der Waals surface area contributed by atoms with Gasteiger partial charge in [-0.15, -0.1) is 6.58 Å². The molecule has 1 aromatic rings. The lowest BCUT2D eigenvalue weighted by molar-refractivity contribution is 0.250. The Kier molecular flexibility index (Phi) is 4.06. The maximum Gasteiger partial charge on any atom is 0.0526 e. The van der Waals surface area contributed by atoms with Crippen molar-refractivity contribution in [1.82, 2.24) is 5.01 Å². The molecule has 0 saturated carbocycles. The first kappa shape index (κ1) is 12.0. The molecule has 0 bridgehead atoms. The zero-order valence-corrected chi connectivity index (χ0v) is 9.83. The Labute approximate surface area is 92.4 Å². The van der Waals surface area contributed by atoms with Gasteiger partial charge in [0.05, 0.1) is 6.04 Å². The first-order valence-electron chi connectivity index (χ1n) is 5.19. The summed E-state index contributed by atoms with van der Waals surface area (Å²) >= 11 is 0. The van der Waals surface area contributed by atoms with E-state index in [-0.39, 0.29) is 6.04 Å². The number of benzene rings is 1. The number of hydrogen-bond acceptors (Lipinski definition) is 2. The zero-order chi connectivity index (χ0) is 11.4. The summed E-state index contributed by atoms with van der Waals surface area (Å²) in [6, 6.07) is 8.57. The van der Waals surface area contributed by atoms with Crippen LogP contribution in [0.4, 0.5) is 0 Å². The molecule has 0 amide bonds. The van der Waals surface area contributed by atoms with Crippen molar-refractivity contribution in [2.45, 2.75) is 26.3 Å². The molecule has 0 aliphatic rings. The van der Waals surface area contributed by atoms with Gasteiger partial charge in [-0.25, -0.2) is 5.01 Å². The van der Waals surface area contributed by atoms with E-state index in [1.165, 1.54) is 11.1 Å². The fraction of sp³-hybridized carbons (Fsp3) is 0.385. The molecule has 0 radical (unpaired) electrons. The van der Waals surface area contributed by atoms with E-state index < -0.39 is 0 Å². The van der Waals surface area contributed by atoms with Crippen LogP contribution in [0.25, 0.3) is 0 Å². The second kappa shape index (κ2) is 5.10. The first-order chi connectivity index (χ1) is 7.02. The van der Waals surface area contributed by atoms with Gasteiger partial charge in [0, 0.05) is 7.05 Å². The van der Waals surface area contributed by atoms with Crippen molar-refractivity contribution in [3.63, 3.8) is 0 Å². The van der Waals surface area contributed by atoms with Crippen molar-refractivity contribution in [1.29, 1.82) is 0 Å². The Hall–Kier alpha value is -1.12. The van der Waals surface area contributed by atoms with Crippen molar-refractivity contribution in [2.75, 3.05) is 7.05 Å². The number of aryl methyl sites for hydroxylation is 1. The molecule has 2 heteroatoms. The quantitative estimate of drug-likeness (QED) is 0.464. The molecule has 2 N–H and O–H groups in total. The molecule has 0 heterocycles. The highest BCUT2D eigenvalue weighted by molar-refractivity contribution is 5.29. The summed E-state index contributed by atoms with van der Waals surface area (Å²) in [5.41, 5.74) is 3.71. The maximum absolute atomic E-state index is 5.88.